The summed E-state index contributed by atoms with van der Waals surface area (Å²) in [6.45, 7) is 3.37. The number of fused-ring (bicyclic) bond motifs is 1. The Kier molecular flexibility index (Phi) is 6.04. The fraction of sp³-hybridized carbons (Fsp3) is 0.409. The van der Waals surface area contributed by atoms with Crippen LogP contribution in [0.3, 0.4) is 0 Å². The van der Waals surface area contributed by atoms with E-state index in [0.717, 1.165) is 37.9 Å². The van der Waals surface area contributed by atoms with Gasteiger partial charge in [-0.3, -0.25) is 9.10 Å². The zero-order valence-corrected chi connectivity index (χ0v) is 18.6. The highest BCUT2D eigenvalue weighted by atomic mass is 35.5. The summed E-state index contributed by atoms with van der Waals surface area (Å²) < 4.78 is 28.4. The standard InChI is InChI=1S/C22H26ClN3O3S/c1-24-11-5-12-25(15-14-24)22(27)19-16-18(9-10-20(19)23)30(28,29)26-13-4-7-17-6-2-3-8-21(17)26/h2-3,6,8-10,16H,4-5,7,11-15H2,1H3. The number of hydrogen-bond donors (Lipinski definition) is 0. The number of sulfonamides is 1. The number of nitrogens with zero attached hydrogens (tertiary/aromatic N) is 3. The monoisotopic (exact) mass is 447 g/mol. The minimum atomic E-state index is -3.80. The SMILES string of the molecule is CN1CCCN(C(=O)c2cc(S(=O)(=O)N3CCCc4ccccc43)ccc2Cl)CC1. The number of rotatable bonds is 3. The fourth-order valence-electron chi connectivity index (χ4n) is 4.12. The summed E-state index contributed by atoms with van der Waals surface area (Å²) >= 11 is 6.33. The van der Waals surface area contributed by atoms with Crippen LogP contribution in [0, 0.1) is 0 Å². The van der Waals surface area contributed by atoms with Crippen LogP contribution in [0.4, 0.5) is 5.69 Å². The predicted octanol–water partition coefficient (Wildman–Crippen LogP) is 3.26. The van der Waals surface area contributed by atoms with Gasteiger partial charge in [0.15, 0.2) is 0 Å². The minimum absolute atomic E-state index is 0.0962. The Balaban J connectivity index is 1.67. The lowest BCUT2D eigenvalue weighted by atomic mass is 10.0. The van der Waals surface area contributed by atoms with Crippen molar-refractivity contribution in [1.29, 1.82) is 0 Å². The van der Waals surface area contributed by atoms with Crippen molar-refractivity contribution in [3.05, 3.63) is 58.6 Å². The van der Waals surface area contributed by atoms with Gasteiger partial charge in [0, 0.05) is 26.2 Å². The average molecular weight is 448 g/mol. The summed E-state index contributed by atoms with van der Waals surface area (Å²) in [5.41, 5.74) is 1.97. The summed E-state index contributed by atoms with van der Waals surface area (Å²) in [7, 11) is -1.77. The lowest BCUT2D eigenvalue weighted by Crippen LogP contribution is -2.36. The Morgan fingerprint density at radius 1 is 0.967 bits per heavy atom. The second kappa shape index (κ2) is 8.57. The van der Waals surface area contributed by atoms with Crippen LogP contribution in [-0.2, 0) is 16.4 Å². The van der Waals surface area contributed by atoms with E-state index in [0.29, 0.717) is 25.3 Å². The fourth-order valence-corrected chi connectivity index (χ4v) is 5.89. The van der Waals surface area contributed by atoms with Gasteiger partial charge in [-0.2, -0.15) is 0 Å². The first-order valence-corrected chi connectivity index (χ1v) is 12.1. The van der Waals surface area contributed by atoms with Crippen molar-refractivity contribution in [3.8, 4) is 0 Å². The molecule has 2 aromatic carbocycles. The first-order chi connectivity index (χ1) is 14.4. The van der Waals surface area contributed by atoms with Gasteiger partial charge in [-0.05, 0) is 62.7 Å². The molecule has 2 aromatic rings. The van der Waals surface area contributed by atoms with Gasteiger partial charge in [0.25, 0.3) is 15.9 Å². The first kappa shape index (κ1) is 21.2. The van der Waals surface area contributed by atoms with Gasteiger partial charge in [0.2, 0.25) is 0 Å². The van der Waals surface area contributed by atoms with Crippen molar-refractivity contribution in [2.45, 2.75) is 24.2 Å². The third-order valence-corrected chi connectivity index (χ3v) is 7.97. The van der Waals surface area contributed by atoms with Crippen molar-refractivity contribution >= 4 is 33.2 Å². The molecule has 2 heterocycles. The van der Waals surface area contributed by atoms with Gasteiger partial charge in [-0.15, -0.1) is 0 Å². The maximum Gasteiger partial charge on any atom is 0.264 e. The largest absolute Gasteiger partial charge is 0.337 e. The number of aryl methyl sites for hydroxylation is 1. The minimum Gasteiger partial charge on any atom is -0.337 e. The first-order valence-electron chi connectivity index (χ1n) is 10.3. The molecular formula is C22H26ClN3O3S. The van der Waals surface area contributed by atoms with E-state index in [4.69, 9.17) is 11.6 Å². The zero-order valence-electron chi connectivity index (χ0n) is 17.1. The highest BCUT2D eigenvalue weighted by molar-refractivity contribution is 7.92. The third-order valence-electron chi connectivity index (χ3n) is 5.83. The van der Waals surface area contributed by atoms with E-state index in [9.17, 15) is 13.2 Å². The molecule has 0 unspecified atom stereocenters. The van der Waals surface area contributed by atoms with Crippen LogP contribution in [-0.4, -0.2) is 63.9 Å². The Morgan fingerprint density at radius 2 is 1.77 bits per heavy atom. The third kappa shape index (κ3) is 4.06. The van der Waals surface area contributed by atoms with Crippen molar-refractivity contribution in [2.24, 2.45) is 0 Å². The summed E-state index contributed by atoms with van der Waals surface area (Å²) in [6.07, 6.45) is 2.50. The second-order valence-corrected chi connectivity index (χ2v) is 10.2. The molecule has 0 bridgehead atoms. The maximum atomic E-state index is 13.5. The topological polar surface area (TPSA) is 60.9 Å². The molecule has 2 aliphatic rings. The van der Waals surface area contributed by atoms with Gasteiger partial charge in [-0.1, -0.05) is 29.8 Å². The van der Waals surface area contributed by atoms with E-state index in [-0.39, 0.29) is 21.4 Å². The summed E-state index contributed by atoms with van der Waals surface area (Å²) in [4.78, 5) is 17.2. The zero-order chi connectivity index (χ0) is 21.3. The molecule has 2 aliphatic heterocycles. The van der Waals surface area contributed by atoms with Gasteiger partial charge in [-0.25, -0.2) is 8.42 Å². The van der Waals surface area contributed by atoms with Crippen molar-refractivity contribution in [1.82, 2.24) is 9.80 Å². The Morgan fingerprint density at radius 3 is 2.60 bits per heavy atom. The van der Waals surface area contributed by atoms with Crippen LogP contribution < -0.4 is 4.31 Å². The van der Waals surface area contributed by atoms with E-state index in [1.54, 1.807) is 4.90 Å². The molecule has 160 valence electrons. The van der Waals surface area contributed by atoms with E-state index in [2.05, 4.69) is 4.90 Å². The molecule has 0 spiro atoms. The van der Waals surface area contributed by atoms with Crippen molar-refractivity contribution < 1.29 is 13.2 Å². The van der Waals surface area contributed by atoms with Crippen LogP contribution in [0.15, 0.2) is 47.4 Å². The number of benzene rings is 2. The van der Waals surface area contributed by atoms with E-state index in [1.165, 1.54) is 22.5 Å². The molecule has 0 aliphatic carbocycles. The maximum absolute atomic E-state index is 13.5. The number of amides is 1. The molecular weight excluding hydrogens is 422 g/mol. The number of para-hydroxylation sites is 1. The van der Waals surface area contributed by atoms with Crippen molar-refractivity contribution in [3.63, 3.8) is 0 Å². The number of hydrogen-bond acceptors (Lipinski definition) is 4. The summed E-state index contributed by atoms with van der Waals surface area (Å²) in [5, 5.41) is 0.274. The Labute approximate surface area is 183 Å². The number of carbonyl (C=O) groups excluding carboxylic acids is 1. The molecule has 30 heavy (non-hydrogen) atoms. The van der Waals surface area contributed by atoms with E-state index in [1.807, 2.05) is 31.3 Å². The van der Waals surface area contributed by atoms with Crippen LogP contribution in [0.25, 0.3) is 0 Å². The lowest BCUT2D eigenvalue weighted by Gasteiger charge is -2.30. The molecule has 4 rings (SSSR count). The van der Waals surface area contributed by atoms with E-state index < -0.39 is 10.0 Å². The average Bonchev–Trinajstić information content (AvgIpc) is 2.97. The lowest BCUT2D eigenvalue weighted by molar-refractivity contribution is 0.0762. The normalized spacial score (nSPS) is 18.1. The molecule has 1 amide bonds. The Hall–Kier alpha value is -2.09. The molecule has 0 saturated carbocycles. The highest BCUT2D eigenvalue weighted by Gasteiger charge is 2.30. The number of anilines is 1. The highest BCUT2D eigenvalue weighted by Crippen LogP contribution is 2.33. The molecule has 0 aromatic heterocycles. The molecule has 0 N–H and O–H groups in total. The van der Waals surface area contributed by atoms with Crippen LogP contribution >= 0.6 is 11.6 Å². The molecule has 1 fully saturated rings. The van der Waals surface area contributed by atoms with Gasteiger partial charge in [0.1, 0.15) is 0 Å². The van der Waals surface area contributed by atoms with Gasteiger partial charge < -0.3 is 9.80 Å². The van der Waals surface area contributed by atoms with Crippen LogP contribution in [0.1, 0.15) is 28.8 Å². The summed E-state index contributed by atoms with van der Waals surface area (Å²) in [5.74, 6) is -0.216. The quantitative estimate of drug-likeness (QED) is 0.724. The molecule has 0 atom stereocenters. The predicted molar refractivity (Wildman–Crippen MR) is 119 cm³/mol. The summed E-state index contributed by atoms with van der Waals surface area (Å²) in [6, 6.07) is 12.0. The number of carbonyl (C=O) groups is 1. The van der Waals surface area contributed by atoms with Gasteiger partial charge >= 0.3 is 0 Å². The van der Waals surface area contributed by atoms with Crippen LogP contribution in [0.2, 0.25) is 5.02 Å². The van der Waals surface area contributed by atoms with Gasteiger partial charge in [0.05, 0.1) is 21.2 Å². The molecule has 8 heteroatoms. The Bertz CT molecular complexity index is 1060. The smallest absolute Gasteiger partial charge is 0.264 e. The number of halogens is 1. The van der Waals surface area contributed by atoms with Crippen LogP contribution in [0.5, 0.6) is 0 Å². The second-order valence-electron chi connectivity index (χ2n) is 7.90. The van der Waals surface area contributed by atoms with E-state index >= 15 is 0 Å². The number of likely N-dealkylation sites (N-methyl/N-ethyl adjacent to an activating group) is 1. The molecule has 6 nitrogen and oxygen atoms in total. The molecule has 1 saturated heterocycles. The van der Waals surface area contributed by atoms with Crippen molar-refractivity contribution in [2.75, 3.05) is 44.1 Å². The molecule has 0 radical (unpaired) electrons.